The molecule has 0 unspecified atom stereocenters. The van der Waals surface area contributed by atoms with E-state index in [-0.39, 0.29) is 22.4 Å². The van der Waals surface area contributed by atoms with Crippen LogP contribution in [0.1, 0.15) is 18.0 Å². The molecule has 1 aromatic rings. The fraction of sp³-hybridized carbons (Fsp3) is 0.333. The van der Waals surface area contributed by atoms with Crippen molar-refractivity contribution in [1.82, 2.24) is 0 Å². The van der Waals surface area contributed by atoms with Gasteiger partial charge in [0, 0.05) is 10.5 Å². The monoisotopic (exact) mass is 321 g/mol. The first kappa shape index (κ1) is 15.7. The molecule has 0 aliphatic heterocycles. The van der Waals surface area contributed by atoms with Crippen LogP contribution in [0.3, 0.4) is 0 Å². The van der Waals surface area contributed by atoms with E-state index in [1.165, 1.54) is 6.07 Å². The molecule has 92 valence electrons. The van der Waals surface area contributed by atoms with Crippen molar-refractivity contribution in [2.75, 3.05) is 0 Å². The van der Waals surface area contributed by atoms with E-state index in [2.05, 4.69) is 15.9 Å². The van der Waals surface area contributed by atoms with Crippen molar-refractivity contribution in [3.8, 4) is 0 Å². The van der Waals surface area contributed by atoms with Crippen molar-refractivity contribution < 1.29 is 17.6 Å². The second-order valence-corrected chi connectivity index (χ2v) is 3.95. The molecule has 16 heavy (non-hydrogen) atoms. The summed E-state index contributed by atoms with van der Waals surface area (Å²) in [6, 6.07) is 2.23. The summed E-state index contributed by atoms with van der Waals surface area (Å²) in [4.78, 5) is 0. The second kappa shape index (κ2) is 5.84. The Morgan fingerprint density at radius 3 is 2.31 bits per heavy atom. The van der Waals surface area contributed by atoms with Gasteiger partial charge in [0.15, 0.2) is 0 Å². The second-order valence-electron chi connectivity index (χ2n) is 3.09. The minimum atomic E-state index is -4.33. The molecule has 1 aromatic carbocycles. The normalized spacial score (nSPS) is 13.1. The largest absolute Gasteiger partial charge is 0.390 e. The Morgan fingerprint density at radius 1 is 1.31 bits per heavy atom. The Labute approximate surface area is 105 Å². The van der Waals surface area contributed by atoms with Gasteiger partial charge in [-0.3, -0.25) is 0 Å². The first-order valence-corrected chi connectivity index (χ1v) is 4.86. The van der Waals surface area contributed by atoms with E-state index in [0.717, 1.165) is 12.1 Å². The van der Waals surface area contributed by atoms with E-state index >= 15 is 0 Å². The summed E-state index contributed by atoms with van der Waals surface area (Å²) in [6.07, 6.45) is -5.45. The lowest BCUT2D eigenvalue weighted by Crippen LogP contribution is -2.20. The van der Waals surface area contributed by atoms with Gasteiger partial charge in [0.25, 0.3) is 0 Å². The quantitative estimate of drug-likeness (QED) is 0.819. The molecule has 0 saturated heterocycles. The van der Waals surface area contributed by atoms with Gasteiger partial charge in [0.2, 0.25) is 0 Å². The number of halogens is 6. The molecule has 7 heteroatoms. The highest BCUT2D eigenvalue weighted by molar-refractivity contribution is 9.10. The number of alkyl halides is 3. The average Bonchev–Trinajstić information content (AvgIpc) is 1.99. The molecule has 0 amide bonds. The lowest BCUT2D eigenvalue weighted by Gasteiger charge is -2.15. The maximum atomic E-state index is 12.7. The molecule has 0 fully saturated rings. The predicted molar refractivity (Wildman–Crippen MR) is 58.9 cm³/mol. The number of rotatable bonds is 2. The van der Waals surface area contributed by atoms with Crippen LogP contribution in [0.5, 0.6) is 0 Å². The minimum Gasteiger partial charge on any atom is -0.324 e. The average molecular weight is 323 g/mol. The number of benzene rings is 1. The van der Waals surface area contributed by atoms with Crippen molar-refractivity contribution in [3.05, 3.63) is 34.1 Å². The van der Waals surface area contributed by atoms with Gasteiger partial charge in [0.05, 0.1) is 6.42 Å². The molecule has 1 atom stereocenters. The molecule has 1 nitrogen and oxygen atoms in total. The Bertz CT molecular complexity index is 356. The van der Waals surface area contributed by atoms with Gasteiger partial charge >= 0.3 is 6.18 Å². The highest BCUT2D eigenvalue weighted by atomic mass is 79.9. The Kier molecular flexibility index (Phi) is 5.72. The lowest BCUT2D eigenvalue weighted by atomic mass is 10.0. The number of hydrogen-bond acceptors (Lipinski definition) is 1. The molecule has 0 spiro atoms. The van der Waals surface area contributed by atoms with Gasteiger partial charge in [-0.25, -0.2) is 4.39 Å². The SMILES string of the molecule is Cl.N[C@H](CC(F)(F)F)c1ccc(F)cc1Br. The predicted octanol–water partition coefficient (Wildman–Crippen LogP) is 3.96. The van der Waals surface area contributed by atoms with Crippen LogP contribution in [0, 0.1) is 5.82 Å². The van der Waals surface area contributed by atoms with Crippen molar-refractivity contribution in [2.24, 2.45) is 5.73 Å². The zero-order valence-corrected chi connectivity index (χ0v) is 10.3. The summed E-state index contributed by atoms with van der Waals surface area (Å²) in [5.41, 5.74) is 5.60. The molecule has 0 radical (unpaired) electrons. The Balaban J connectivity index is 0.00000225. The van der Waals surface area contributed by atoms with Crippen LogP contribution in [0.4, 0.5) is 17.6 Å². The van der Waals surface area contributed by atoms with E-state index in [4.69, 9.17) is 5.73 Å². The van der Waals surface area contributed by atoms with Crippen LogP contribution in [-0.4, -0.2) is 6.18 Å². The van der Waals surface area contributed by atoms with Crippen LogP contribution in [-0.2, 0) is 0 Å². The molecule has 0 heterocycles. The van der Waals surface area contributed by atoms with Crippen molar-refractivity contribution in [3.63, 3.8) is 0 Å². The zero-order valence-electron chi connectivity index (χ0n) is 7.89. The molecule has 1 rings (SSSR count). The fourth-order valence-corrected chi connectivity index (χ4v) is 1.81. The van der Waals surface area contributed by atoms with Gasteiger partial charge < -0.3 is 5.73 Å². The van der Waals surface area contributed by atoms with Crippen LogP contribution in [0.2, 0.25) is 0 Å². The third-order valence-corrected chi connectivity index (χ3v) is 2.50. The maximum Gasteiger partial charge on any atom is 0.390 e. The highest BCUT2D eigenvalue weighted by Gasteiger charge is 2.31. The highest BCUT2D eigenvalue weighted by Crippen LogP contribution is 2.31. The number of nitrogens with two attached hydrogens (primary N) is 1. The fourth-order valence-electron chi connectivity index (χ4n) is 1.16. The van der Waals surface area contributed by atoms with Gasteiger partial charge in [-0.15, -0.1) is 12.4 Å². The van der Waals surface area contributed by atoms with Crippen LogP contribution < -0.4 is 5.73 Å². The molecule has 0 saturated carbocycles. The molecule has 0 aliphatic rings. The summed E-state index contributed by atoms with van der Waals surface area (Å²) in [6.45, 7) is 0. The van der Waals surface area contributed by atoms with Crippen LogP contribution >= 0.6 is 28.3 Å². The molecule has 0 bridgehead atoms. The molecular weight excluding hydrogens is 313 g/mol. The molecule has 0 aliphatic carbocycles. The zero-order chi connectivity index (χ0) is 11.6. The molecular formula is C9H9BrClF4N. The van der Waals surface area contributed by atoms with Crippen molar-refractivity contribution in [2.45, 2.75) is 18.6 Å². The first-order valence-electron chi connectivity index (χ1n) is 4.07. The van der Waals surface area contributed by atoms with E-state index in [1.54, 1.807) is 0 Å². The maximum absolute atomic E-state index is 12.7. The van der Waals surface area contributed by atoms with Gasteiger partial charge in [-0.05, 0) is 17.7 Å². The molecule has 0 aromatic heterocycles. The van der Waals surface area contributed by atoms with Crippen LogP contribution in [0.15, 0.2) is 22.7 Å². The van der Waals surface area contributed by atoms with E-state index in [9.17, 15) is 17.6 Å². The summed E-state index contributed by atoms with van der Waals surface area (Å²) in [5, 5.41) is 0. The lowest BCUT2D eigenvalue weighted by molar-refractivity contribution is -0.138. The Morgan fingerprint density at radius 2 is 1.88 bits per heavy atom. The summed E-state index contributed by atoms with van der Waals surface area (Å²) < 4.78 is 49.0. The van der Waals surface area contributed by atoms with Gasteiger partial charge in [-0.2, -0.15) is 13.2 Å². The third kappa shape index (κ3) is 4.67. The standard InChI is InChI=1S/C9H8BrF4N.ClH/c10-7-3-5(11)1-2-6(7)8(15)4-9(12,13)14;/h1-3,8H,4,15H2;1H/t8-;/m1./s1. The smallest absolute Gasteiger partial charge is 0.324 e. The van der Waals surface area contributed by atoms with Crippen LogP contribution in [0.25, 0.3) is 0 Å². The van der Waals surface area contributed by atoms with Gasteiger partial charge in [-0.1, -0.05) is 22.0 Å². The molecule has 2 N–H and O–H groups in total. The summed E-state index contributed by atoms with van der Waals surface area (Å²) in [7, 11) is 0. The topological polar surface area (TPSA) is 26.0 Å². The van der Waals surface area contributed by atoms with E-state index < -0.39 is 24.5 Å². The summed E-state index contributed by atoms with van der Waals surface area (Å²) >= 11 is 2.97. The summed E-state index contributed by atoms with van der Waals surface area (Å²) in [5.74, 6) is -0.523. The van der Waals surface area contributed by atoms with Crippen molar-refractivity contribution in [1.29, 1.82) is 0 Å². The third-order valence-electron chi connectivity index (χ3n) is 1.81. The Hall–Kier alpha value is -0.330. The minimum absolute atomic E-state index is 0. The van der Waals surface area contributed by atoms with Gasteiger partial charge in [0.1, 0.15) is 5.82 Å². The van der Waals surface area contributed by atoms with E-state index in [0.29, 0.717) is 0 Å². The van der Waals surface area contributed by atoms with Crippen molar-refractivity contribution >= 4 is 28.3 Å². The van der Waals surface area contributed by atoms with E-state index in [1.807, 2.05) is 0 Å². The first-order chi connectivity index (χ1) is 6.79. The number of hydrogen-bond donors (Lipinski definition) is 1.